The van der Waals surface area contributed by atoms with E-state index in [0.29, 0.717) is 24.8 Å². The lowest BCUT2D eigenvalue weighted by atomic mass is 9.87. The molecule has 1 saturated heterocycles. The number of pyridine rings is 1. The Kier molecular flexibility index (Phi) is 7.92. The van der Waals surface area contributed by atoms with E-state index >= 15 is 0 Å². The fraction of sp³-hybridized carbons (Fsp3) is 0.517. The number of likely N-dealkylation sites (N-methyl/N-ethyl adjacent to an activating group) is 1. The highest BCUT2D eigenvalue weighted by molar-refractivity contribution is 5.92. The number of fused-ring (bicyclic) bond motifs is 1. The van der Waals surface area contributed by atoms with Gasteiger partial charge in [-0.2, -0.15) is 0 Å². The molecular weight excluding hydrogens is 436 g/mol. The molecule has 2 N–H and O–H groups in total. The fourth-order valence-corrected chi connectivity index (χ4v) is 5.50. The molecule has 0 saturated carbocycles. The van der Waals surface area contributed by atoms with Gasteiger partial charge < -0.3 is 15.0 Å². The number of aromatic amines is 1. The van der Waals surface area contributed by atoms with E-state index in [1.54, 1.807) is 0 Å². The van der Waals surface area contributed by atoms with Gasteiger partial charge in [0.25, 0.3) is 0 Å². The molecule has 3 heterocycles. The van der Waals surface area contributed by atoms with Crippen molar-refractivity contribution in [2.24, 2.45) is 0 Å². The highest BCUT2D eigenvalue weighted by atomic mass is 16.3. The van der Waals surface area contributed by atoms with Crippen LogP contribution in [0, 0.1) is 13.8 Å². The van der Waals surface area contributed by atoms with Gasteiger partial charge in [-0.25, -0.2) is 0 Å². The number of aryl methyl sites for hydroxylation is 2. The predicted molar refractivity (Wildman–Crippen MR) is 143 cm³/mol. The van der Waals surface area contributed by atoms with Crippen LogP contribution in [0.3, 0.4) is 0 Å². The van der Waals surface area contributed by atoms with Gasteiger partial charge in [0.1, 0.15) is 0 Å². The van der Waals surface area contributed by atoms with Crippen LogP contribution in [0.25, 0.3) is 22.2 Å². The average molecular weight is 477 g/mol. The van der Waals surface area contributed by atoms with Crippen LogP contribution >= 0.6 is 0 Å². The minimum Gasteiger partial charge on any atom is -0.396 e. The van der Waals surface area contributed by atoms with Crippen molar-refractivity contribution >= 4 is 16.8 Å². The number of hydrogen-bond donors (Lipinski definition) is 2. The molecule has 1 amide bonds. The van der Waals surface area contributed by atoms with E-state index in [0.717, 1.165) is 43.9 Å². The SMILES string of the molecule is Cc1cc(-c2[nH]c3ccc(C4CCN(C(=O)CN(C)CCCO)CC4)cc3c2C(C)C)cc(C)n1. The summed E-state index contributed by atoms with van der Waals surface area (Å²) in [7, 11) is 1.95. The van der Waals surface area contributed by atoms with E-state index in [1.165, 1.54) is 33.3 Å². The summed E-state index contributed by atoms with van der Waals surface area (Å²) in [4.78, 5) is 25.0. The first kappa shape index (κ1) is 25.4. The first-order valence-corrected chi connectivity index (χ1v) is 12.9. The molecule has 0 unspecified atom stereocenters. The Morgan fingerprint density at radius 3 is 2.49 bits per heavy atom. The number of hydrogen-bond acceptors (Lipinski definition) is 4. The average Bonchev–Trinajstić information content (AvgIpc) is 3.21. The topological polar surface area (TPSA) is 72.5 Å². The Morgan fingerprint density at radius 2 is 1.86 bits per heavy atom. The summed E-state index contributed by atoms with van der Waals surface area (Å²) in [5.41, 5.74) is 8.39. The van der Waals surface area contributed by atoms with Crippen LogP contribution in [0.15, 0.2) is 30.3 Å². The number of H-pyrrole nitrogens is 1. The summed E-state index contributed by atoms with van der Waals surface area (Å²) >= 11 is 0. The van der Waals surface area contributed by atoms with Gasteiger partial charge in [0.2, 0.25) is 5.91 Å². The number of carbonyl (C=O) groups excluding carboxylic acids is 1. The number of rotatable bonds is 8. The lowest BCUT2D eigenvalue weighted by molar-refractivity contribution is -0.133. The molecule has 2 aromatic heterocycles. The summed E-state index contributed by atoms with van der Waals surface area (Å²) < 4.78 is 0. The summed E-state index contributed by atoms with van der Waals surface area (Å²) in [5, 5.41) is 10.3. The van der Waals surface area contributed by atoms with Crippen LogP contribution in [-0.2, 0) is 4.79 Å². The molecule has 188 valence electrons. The van der Waals surface area contributed by atoms with Crippen molar-refractivity contribution in [3.05, 3.63) is 52.8 Å². The second-order valence-electron chi connectivity index (χ2n) is 10.5. The normalized spacial score (nSPS) is 15.0. The van der Waals surface area contributed by atoms with Gasteiger partial charge in [0.05, 0.1) is 12.2 Å². The Labute approximate surface area is 209 Å². The van der Waals surface area contributed by atoms with Gasteiger partial charge >= 0.3 is 0 Å². The van der Waals surface area contributed by atoms with E-state index in [1.807, 2.05) is 16.8 Å². The van der Waals surface area contributed by atoms with Crippen molar-refractivity contribution in [1.29, 1.82) is 0 Å². The monoisotopic (exact) mass is 476 g/mol. The number of benzene rings is 1. The zero-order valence-electron chi connectivity index (χ0n) is 21.9. The number of aliphatic hydroxyl groups excluding tert-OH is 1. The molecule has 0 spiro atoms. The number of nitrogens with zero attached hydrogens (tertiary/aromatic N) is 3. The number of amides is 1. The highest BCUT2D eigenvalue weighted by Gasteiger charge is 2.25. The van der Waals surface area contributed by atoms with Gasteiger partial charge in [-0.05, 0) is 87.4 Å². The Morgan fingerprint density at radius 1 is 1.17 bits per heavy atom. The van der Waals surface area contributed by atoms with Gasteiger partial charge in [0.15, 0.2) is 0 Å². The molecule has 3 aromatic rings. The van der Waals surface area contributed by atoms with E-state index < -0.39 is 0 Å². The van der Waals surface area contributed by atoms with E-state index in [9.17, 15) is 4.79 Å². The third-order valence-electron chi connectivity index (χ3n) is 7.23. The summed E-state index contributed by atoms with van der Waals surface area (Å²) in [6.07, 6.45) is 2.69. The molecule has 1 aromatic carbocycles. The number of piperidine rings is 1. The van der Waals surface area contributed by atoms with Gasteiger partial charge in [-0.1, -0.05) is 19.9 Å². The molecule has 35 heavy (non-hydrogen) atoms. The molecule has 1 aliphatic heterocycles. The summed E-state index contributed by atoms with van der Waals surface area (Å²) in [6.45, 7) is 11.6. The van der Waals surface area contributed by atoms with Crippen molar-refractivity contribution in [2.45, 2.75) is 58.8 Å². The number of nitrogens with one attached hydrogen (secondary N) is 1. The third-order valence-corrected chi connectivity index (χ3v) is 7.23. The molecule has 0 bridgehead atoms. The maximum atomic E-state index is 12.7. The van der Waals surface area contributed by atoms with Crippen LogP contribution in [0.1, 0.15) is 67.5 Å². The number of aliphatic hydroxyl groups is 1. The van der Waals surface area contributed by atoms with Gasteiger partial charge in [0, 0.05) is 54.1 Å². The molecule has 0 radical (unpaired) electrons. The number of likely N-dealkylation sites (tertiary alicyclic amines) is 1. The molecule has 1 fully saturated rings. The fourth-order valence-electron chi connectivity index (χ4n) is 5.50. The maximum Gasteiger partial charge on any atom is 0.236 e. The minimum atomic E-state index is 0.164. The molecule has 4 rings (SSSR count). The second kappa shape index (κ2) is 10.9. The quantitative estimate of drug-likeness (QED) is 0.480. The van der Waals surface area contributed by atoms with Crippen LogP contribution in [0.2, 0.25) is 0 Å². The summed E-state index contributed by atoms with van der Waals surface area (Å²) in [6, 6.07) is 11.2. The van der Waals surface area contributed by atoms with E-state index in [2.05, 4.69) is 68.0 Å². The van der Waals surface area contributed by atoms with E-state index in [4.69, 9.17) is 5.11 Å². The van der Waals surface area contributed by atoms with Gasteiger partial charge in [-0.15, -0.1) is 0 Å². The van der Waals surface area contributed by atoms with Crippen LogP contribution in [0.4, 0.5) is 0 Å². The lowest BCUT2D eigenvalue weighted by Crippen LogP contribution is -2.43. The molecular formula is C29H40N4O2. The van der Waals surface area contributed by atoms with Crippen molar-refractivity contribution in [3.63, 3.8) is 0 Å². The van der Waals surface area contributed by atoms with Crippen molar-refractivity contribution in [1.82, 2.24) is 19.8 Å². The Balaban J connectivity index is 1.52. The molecule has 0 atom stereocenters. The van der Waals surface area contributed by atoms with E-state index in [-0.39, 0.29) is 12.5 Å². The van der Waals surface area contributed by atoms with Crippen molar-refractivity contribution in [2.75, 3.05) is 39.8 Å². The molecule has 6 nitrogen and oxygen atoms in total. The zero-order chi connectivity index (χ0) is 25.1. The largest absolute Gasteiger partial charge is 0.396 e. The number of aromatic nitrogens is 2. The molecule has 1 aliphatic rings. The van der Waals surface area contributed by atoms with Gasteiger partial charge in [-0.3, -0.25) is 14.7 Å². The van der Waals surface area contributed by atoms with Crippen LogP contribution < -0.4 is 0 Å². The van der Waals surface area contributed by atoms with Crippen LogP contribution in [-0.4, -0.2) is 70.6 Å². The predicted octanol–water partition coefficient (Wildman–Crippen LogP) is 4.99. The first-order chi connectivity index (χ1) is 16.8. The standard InChI is InChI=1S/C29H40N4O2/c1-19(2)28-25-17-23(7-8-26(25)31-29(28)24-15-20(3)30-21(4)16-24)22-9-12-33(13-10-22)27(35)18-32(5)11-6-14-34/h7-8,15-17,19,22,31,34H,6,9-14,18H2,1-5H3. The Hall–Kier alpha value is -2.70. The summed E-state index contributed by atoms with van der Waals surface area (Å²) in [5.74, 6) is 1.06. The minimum absolute atomic E-state index is 0.164. The Bertz CT molecular complexity index is 1150. The third kappa shape index (κ3) is 5.76. The number of carbonyl (C=O) groups is 1. The molecule has 0 aliphatic carbocycles. The maximum absolute atomic E-state index is 12.7. The van der Waals surface area contributed by atoms with Crippen molar-refractivity contribution in [3.8, 4) is 11.3 Å². The lowest BCUT2D eigenvalue weighted by Gasteiger charge is -2.33. The zero-order valence-corrected chi connectivity index (χ0v) is 21.9. The first-order valence-electron chi connectivity index (χ1n) is 12.9. The highest BCUT2D eigenvalue weighted by Crippen LogP contribution is 2.38. The second-order valence-corrected chi connectivity index (χ2v) is 10.5. The smallest absolute Gasteiger partial charge is 0.236 e. The van der Waals surface area contributed by atoms with Crippen LogP contribution in [0.5, 0.6) is 0 Å². The van der Waals surface area contributed by atoms with Crippen molar-refractivity contribution < 1.29 is 9.90 Å². The molecule has 6 heteroatoms.